The number of carboxylic acids is 2. The molecule has 0 radical (unpaired) electrons. The van der Waals surface area contributed by atoms with E-state index >= 15 is 0 Å². The van der Waals surface area contributed by atoms with Gasteiger partial charge in [0.2, 0.25) is 5.25 Å². The molecule has 0 saturated carbocycles. The molecule has 0 fully saturated rings. The van der Waals surface area contributed by atoms with E-state index in [1.807, 2.05) is 5.32 Å². The predicted octanol–water partition coefficient (Wildman–Crippen LogP) is -11.3. The van der Waals surface area contributed by atoms with Gasteiger partial charge in [-0.1, -0.05) is 0 Å². The average molecular weight is 329 g/mol. The summed E-state index contributed by atoms with van der Waals surface area (Å²) in [6.45, 7) is -0.835. The first-order chi connectivity index (χ1) is 7.21. The maximum atomic E-state index is 10.7. The number of hydrogen-bond donors (Lipinski definition) is 5. The Hall–Kier alpha value is 1.77. The zero-order chi connectivity index (χ0) is 12.9. The van der Waals surface area contributed by atoms with Gasteiger partial charge >= 0.3 is 101 Å². The van der Waals surface area contributed by atoms with Crippen LogP contribution in [0.4, 0.5) is 0 Å². The first kappa shape index (κ1) is 28.9. The van der Waals surface area contributed by atoms with E-state index in [4.69, 9.17) is 19.9 Å². The van der Waals surface area contributed by atoms with E-state index in [2.05, 4.69) is 0 Å². The number of aliphatic hydroxyl groups is 1. The second-order valence-electron chi connectivity index (χ2n) is 2.77. The average Bonchev–Trinajstić information content (AvgIpc) is 2.08. The molecular formula is C6H14NNa3O8S. The number of nitrogens with one attached hydrogen (secondary N) is 1. The summed E-state index contributed by atoms with van der Waals surface area (Å²) >= 11 is 0. The summed E-state index contributed by atoms with van der Waals surface area (Å²) in [7, 11) is -5.06. The standard InChI is InChI=1S/C6H11NO8S.3Na.3H/c8-2-1-7-3(5(9)10)4(6(11)12)16(13,14)15;;;;;;/h3-4,7-8H,1-2H2,(H,9,10)(H,11,12)(H,13,14,15);;;;;;/q;3*+1;3*-1. The molecule has 0 rings (SSSR count). The van der Waals surface area contributed by atoms with Crippen molar-refractivity contribution in [3.05, 3.63) is 0 Å². The quantitative estimate of drug-likeness (QED) is 0.225. The fourth-order valence-electron chi connectivity index (χ4n) is 0.986. The molecule has 0 aromatic rings. The minimum Gasteiger partial charge on any atom is -1.00 e. The van der Waals surface area contributed by atoms with Gasteiger partial charge in [0, 0.05) is 6.54 Å². The number of aliphatic hydroxyl groups excluding tert-OH is 1. The molecule has 9 nitrogen and oxygen atoms in total. The zero-order valence-corrected chi connectivity index (χ0v) is 17.7. The van der Waals surface area contributed by atoms with Crippen molar-refractivity contribution in [1.82, 2.24) is 5.32 Å². The van der Waals surface area contributed by atoms with Crippen molar-refractivity contribution in [2.45, 2.75) is 11.3 Å². The molecule has 0 aromatic carbocycles. The van der Waals surface area contributed by atoms with E-state index in [1.54, 1.807) is 0 Å². The Morgan fingerprint density at radius 2 is 1.53 bits per heavy atom. The monoisotopic (exact) mass is 329 g/mol. The SMILES string of the molecule is O=C(O)C(NCCO)C(C(=O)O)S(=O)(=O)O.[H-].[H-].[H-].[Na+].[Na+].[Na+]. The fourth-order valence-corrected chi connectivity index (χ4v) is 1.80. The third-order valence-electron chi connectivity index (χ3n) is 1.61. The predicted molar refractivity (Wildman–Crippen MR) is 52.8 cm³/mol. The molecule has 0 spiro atoms. The molecule has 0 bridgehead atoms. The molecule has 2 atom stereocenters. The van der Waals surface area contributed by atoms with Crippen LogP contribution >= 0.6 is 0 Å². The molecule has 0 aliphatic carbocycles. The molecule has 0 heterocycles. The van der Waals surface area contributed by atoms with Crippen molar-refractivity contribution in [3.8, 4) is 0 Å². The fraction of sp³-hybridized carbons (Fsp3) is 0.667. The van der Waals surface area contributed by atoms with Crippen molar-refractivity contribution in [1.29, 1.82) is 0 Å². The van der Waals surface area contributed by atoms with E-state index < -0.39 is 40.0 Å². The minimum atomic E-state index is -5.06. The molecule has 0 aromatic heterocycles. The second kappa shape index (κ2) is 13.4. The summed E-state index contributed by atoms with van der Waals surface area (Å²) in [5.41, 5.74) is 0. The van der Waals surface area contributed by atoms with Crippen LogP contribution in [0.3, 0.4) is 0 Å². The molecule has 13 heteroatoms. The van der Waals surface area contributed by atoms with Gasteiger partial charge in [-0.05, 0) is 0 Å². The van der Waals surface area contributed by atoms with Gasteiger partial charge in [0.15, 0.2) is 0 Å². The number of carbonyl (C=O) groups is 2. The van der Waals surface area contributed by atoms with E-state index in [-0.39, 0.29) is 99.5 Å². The number of aliphatic carboxylic acids is 2. The van der Waals surface area contributed by atoms with Crippen LogP contribution in [-0.4, -0.2) is 64.7 Å². The van der Waals surface area contributed by atoms with Crippen molar-refractivity contribution in [2.75, 3.05) is 13.2 Å². The molecule has 0 aliphatic rings. The van der Waals surface area contributed by atoms with Crippen LogP contribution in [-0.2, 0) is 19.7 Å². The summed E-state index contributed by atoms with van der Waals surface area (Å²) < 4.78 is 30.0. The maximum absolute atomic E-state index is 10.7. The molecule has 0 saturated heterocycles. The van der Waals surface area contributed by atoms with Crippen molar-refractivity contribution in [2.24, 2.45) is 0 Å². The van der Waals surface area contributed by atoms with Gasteiger partial charge in [-0.25, -0.2) is 0 Å². The van der Waals surface area contributed by atoms with Crippen LogP contribution in [0.5, 0.6) is 0 Å². The van der Waals surface area contributed by atoms with E-state index in [1.165, 1.54) is 0 Å². The van der Waals surface area contributed by atoms with Crippen LogP contribution < -0.4 is 94.0 Å². The van der Waals surface area contributed by atoms with Crippen LogP contribution in [0.1, 0.15) is 4.28 Å². The second-order valence-corrected chi connectivity index (χ2v) is 4.31. The number of rotatable bonds is 7. The summed E-state index contributed by atoms with van der Waals surface area (Å²) in [6.07, 6.45) is 0. The first-order valence-electron chi connectivity index (χ1n) is 3.98. The van der Waals surface area contributed by atoms with Gasteiger partial charge in [-0.3, -0.25) is 14.1 Å². The van der Waals surface area contributed by atoms with Crippen LogP contribution in [0.2, 0.25) is 0 Å². The molecule has 0 amide bonds. The van der Waals surface area contributed by atoms with Crippen molar-refractivity contribution < 1.29 is 131 Å². The Morgan fingerprint density at radius 3 is 1.74 bits per heavy atom. The third-order valence-corrected chi connectivity index (χ3v) is 2.72. The van der Waals surface area contributed by atoms with Gasteiger partial charge in [-0.15, -0.1) is 0 Å². The molecule has 100 valence electrons. The van der Waals surface area contributed by atoms with Crippen molar-refractivity contribution >= 4 is 22.1 Å². The molecule has 19 heavy (non-hydrogen) atoms. The van der Waals surface area contributed by atoms with Gasteiger partial charge in [0.25, 0.3) is 10.1 Å². The summed E-state index contributed by atoms with van der Waals surface area (Å²) in [5, 5.41) is 25.0. The third kappa shape index (κ3) is 11.0. The minimum absolute atomic E-state index is 0. The van der Waals surface area contributed by atoms with Crippen molar-refractivity contribution in [3.63, 3.8) is 0 Å². The van der Waals surface area contributed by atoms with Crippen LogP contribution in [0.15, 0.2) is 0 Å². The van der Waals surface area contributed by atoms with E-state index in [0.29, 0.717) is 0 Å². The van der Waals surface area contributed by atoms with E-state index in [9.17, 15) is 18.0 Å². The van der Waals surface area contributed by atoms with Gasteiger partial charge < -0.3 is 24.9 Å². The van der Waals surface area contributed by atoms with E-state index in [0.717, 1.165) is 0 Å². The Balaban J connectivity index is -0.0000000750. The molecule has 0 aliphatic heterocycles. The Labute approximate surface area is 180 Å². The Kier molecular flexibility index (Phi) is 20.4. The number of hydrogen-bond acceptors (Lipinski definition) is 6. The summed E-state index contributed by atoms with van der Waals surface area (Å²) in [6, 6.07) is -2.04. The summed E-state index contributed by atoms with van der Waals surface area (Å²) in [4.78, 5) is 21.2. The first-order valence-corrected chi connectivity index (χ1v) is 5.48. The number of carboxylic acid groups (broad SMARTS) is 2. The zero-order valence-electron chi connectivity index (χ0n) is 13.9. The van der Waals surface area contributed by atoms with Crippen LogP contribution in [0.25, 0.3) is 0 Å². The normalized spacial score (nSPS) is 12.9. The molecule has 5 N–H and O–H groups in total. The molecular weight excluding hydrogens is 315 g/mol. The molecule has 2 unspecified atom stereocenters. The Bertz CT molecular complexity index is 387. The van der Waals surface area contributed by atoms with Crippen LogP contribution in [0, 0.1) is 0 Å². The maximum Gasteiger partial charge on any atom is 1.00 e. The Morgan fingerprint density at radius 1 is 1.11 bits per heavy atom. The van der Waals surface area contributed by atoms with Gasteiger partial charge in [-0.2, -0.15) is 8.42 Å². The van der Waals surface area contributed by atoms with Gasteiger partial charge in [0.1, 0.15) is 6.04 Å². The smallest absolute Gasteiger partial charge is 1.00 e. The van der Waals surface area contributed by atoms with Gasteiger partial charge in [0.05, 0.1) is 6.61 Å². The summed E-state index contributed by atoms with van der Waals surface area (Å²) in [5.74, 6) is -3.76. The topological polar surface area (TPSA) is 161 Å². The largest absolute Gasteiger partial charge is 1.00 e.